The first kappa shape index (κ1) is 19.4. The normalized spacial score (nSPS) is 14.2. The fraction of sp³-hybridized carbons (Fsp3) is 0.0909. The Labute approximate surface area is 207 Å². The van der Waals surface area contributed by atoms with Crippen LogP contribution in [0.4, 0.5) is 0 Å². The van der Waals surface area contributed by atoms with Crippen LogP contribution in [0.1, 0.15) is 25.0 Å². The summed E-state index contributed by atoms with van der Waals surface area (Å²) in [4.78, 5) is 3.75. The maximum Gasteiger partial charge on any atom is 0.0471 e. The second-order valence-electron chi connectivity index (χ2n) is 10.3. The summed E-state index contributed by atoms with van der Waals surface area (Å²) < 4.78 is 2.71. The lowest BCUT2D eigenvalue weighted by molar-refractivity contribution is 0.661. The molecular formula is C33H23NS. The van der Waals surface area contributed by atoms with Gasteiger partial charge in [-0.25, -0.2) is 0 Å². The molecule has 0 spiro atoms. The van der Waals surface area contributed by atoms with Gasteiger partial charge < -0.3 is 4.98 Å². The zero-order valence-corrected chi connectivity index (χ0v) is 20.5. The number of aromatic nitrogens is 1. The minimum Gasteiger partial charge on any atom is -0.354 e. The molecule has 5 aromatic carbocycles. The summed E-state index contributed by atoms with van der Waals surface area (Å²) in [5.41, 5.74) is 10.6. The van der Waals surface area contributed by atoms with Gasteiger partial charge >= 0.3 is 0 Å². The highest BCUT2D eigenvalue weighted by molar-refractivity contribution is 7.26. The Morgan fingerprint density at radius 2 is 1.34 bits per heavy atom. The Balaban J connectivity index is 1.35. The molecule has 166 valence electrons. The molecule has 0 saturated heterocycles. The standard InChI is InChI=1S/C33H23NS/c1-33(2)27-12-5-3-8-21(27)25-18-30-26(17-28(25)33)22-15-14-19(16-29(22)34-30)20-10-7-11-24-23-9-4-6-13-31(23)35-32(20)24/h3-18,34H,1-2H3. The van der Waals surface area contributed by atoms with Crippen LogP contribution in [0.2, 0.25) is 0 Å². The smallest absolute Gasteiger partial charge is 0.0471 e. The zero-order chi connectivity index (χ0) is 23.3. The van der Waals surface area contributed by atoms with Crippen molar-refractivity contribution >= 4 is 53.3 Å². The predicted molar refractivity (Wildman–Crippen MR) is 152 cm³/mol. The van der Waals surface area contributed by atoms with Crippen LogP contribution in [0.5, 0.6) is 0 Å². The first-order chi connectivity index (χ1) is 17.1. The summed E-state index contributed by atoms with van der Waals surface area (Å²) in [5, 5.41) is 5.30. The van der Waals surface area contributed by atoms with Gasteiger partial charge in [0.15, 0.2) is 0 Å². The van der Waals surface area contributed by atoms with Gasteiger partial charge in [-0.05, 0) is 57.6 Å². The molecule has 0 fully saturated rings. The number of fused-ring (bicyclic) bond motifs is 9. The van der Waals surface area contributed by atoms with Crippen molar-refractivity contribution in [2.75, 3.05) is 0 Å². The van der Waals surface area contributed by atoms with Crippen LogP contribution < -0.4 is 0 Å². The van der Waals surface area contributed by atoms with Crippen molar-refractivity contribution < 1.29 is 0 Å². The molecule has 0 bridgehead atoms. The first-order valence-corrected chi connectivity index (χ1v) is 13.0. The van der Waals surface area contributed by atoms with E-state index in [9.17, 15) is 0 Å². The van der Waals surface area contributed by atoms with Crippen LogP contribution in [-0.2, 0) is 5.41 Å². The summed E-state index contributed by atoms with van der Waals surface area (Å²) in [6.45, 7) is 4.70. The van der Waals surface area contributed by atoms with E-state index in [1.807, 2.05) is 11.3 Å². The number of aromatic amines is 1. The van der Waals surface area contributed by atoms with Crippen LogP contribution in [0.3, 0.4) is 0 Å². The molecule has 1 N–H and O–H groups in total. The van der Waals surface area contributed by atoms with E-state index in [2.05, 4.69) is 116 Å². The average Bonchev–Trinajstić information content (AvgIpc) is 3.51. The number of H-pyrrole nitrogens is 1. The Morgan fingerprint density at radius 1 is 0.571 bits per heavy atom. The van der Waals surface area contributed by atoms with Gasteiger partial charge in [0.2, 0.25) is 0 Å². The lowest BCUT2D eigenvalue weighted by atomic mass is 9.82. The van der Waals surface area contributed by atoms with E-state index in [0.717, 1.165) is 0 Å². The molecule has 2 heterocycles. The van der Waals surface area contributed by atoms with Crippen LogP contribution in [0, 0.1) is 0 Å². The third kappa shape index (κ3) is 2.53. The Morgan fingerprint density at radius 3 is 2.29 bits per heavy atom. The van der Waals surface area contributed by atoms with Gasteiger partial charge in [0.25, 0.3) is 0 Å². The number of thiophene rings is 1. The minimum atomic E-state index is 0.0144. The molecule has 0 amide bonds. The monoisotopic (exact) mass is 465 g/mol. The highest BCUT2D eigenvalue weighted by atomic mass is 32.1. The van der Waals surface area contributed by atoms with E-state index in [1.165, 1.54) is 75.4 Å². The number of benzene rings is 5. The van der Waals surface area contributed by atoms with E-state index < -0.39 is 0 Å². The molecule has 1 aliphatic carbocycles. The third-order valence-corrected chi connectivity index (χ3v) is 9.24. The van der Waals surface area contributed by atoms with Crippen molar-refractivity contribution in [2.45, 2.75) is 19.3 Å². The van der Waals surface area contributed by atoms with Crippen molar-refractivity contribution in [2.24, 2.45) is 0 Å². The van der Waals surface area contributed by atoms with E-state index in [0.29, 0.717) is 0 Å². The Kier molecular flexibility index (Phi) is 3.67. The molecule has 0 atom stereocenters. The van der Waals surface area contributed by atoms with Crippen LogP contribution >= 0.6 is 11.3 Å². The lowest BCUT2D eigenvalue weighted by Crippen LogP contribution is -2.14. The number of hydrogen-bond acceptors (Lipinski definition) is 1. The van der Waals surface area contributed by atoms with Crippen molar-refractivity contribution in [3.8, 4) is 22.3 Å². The van der Waals surface area contributed by atoms with Gasteiger partial charge in [-0.3, -0.25) is 0 Å². The van der Waals surface area contributed by atoms with Crippen LogP contribution in [0.25, 0.3) is 64.2 Å². The largest absolute Gasteiger partial charge is 0.354 e. The van der Waals surface area contributed by atoms with Gasteiger partial charge in [-0.2, -0.15) is 0 Å². The van der Waals surface area contributed by atoms with Gasteiger partial charge in [-0.1, -0.05) is 86.6 Å². The highest BCUT2D eigenvalue weighted by Gasteiger charge is 2.35. The quantitative estimate of drug-likeness (QED) is 0.248. The van der Waals surface area contributed by atoms with Crippen molar-refractivity contribution in [3.63, 3.8) is 0 Å². The van der Waals surface area contributed by atoms with Crippen molar-refractivity contribution in [1.82, 2.24) is 4.98 Å². The molecule has 0 saturated carbocycles. The third-order valence-electron chi connectivity index (χ3n) is 8.02. The molecule has 7 aromatic rings. The van der Waals surface area contributed by atoms with Gasteiger partial charge in [-0.15, -0.1) is 11.3 Å². The molecule has 2 heteroatoms. The molecular weight excluding hydrogens is 442 g/mol. The molecule has 0 unspecified atom stereocenters. The Bertz CT molecular complexity index is 1980. The van der Waals surface area contributed by atoms with Gasteiger partial charge in [0, 0.05) is 47.4 Å². The van der Waals surface area contributed by atoms with E-state index >= 15 is 0 Å². The fourth-order valence-electron chi connectivity index (χ4n) is 6.24. The summed E-state index contributed by atoms with van der Waals surface area (Å²) in [6, 6.07) is 36.0. The van der Waals surface area contributed by atoms with Crippen LogP contribution in [0.15, 0.2) is 97.1 Å². The van der Waals surface area contributed by atoms with Crippen molar-refractivity contribution in [3.05, 3.63) is 108 Å². The molecule has 2 aromatic heterocycles. The summed E-state index contributed by atoms with van der Waals surface area (Å²) in [5.74, 6) is 0. The SMILES string of the molecule is CC1(C)c2ccccc2-c2cc3[nH]c4cc(-c5cccc6c5sc5ccccc56)ccc4c3cc21. The molecule has 0 aliphatic heterocycles. The molecule has 35 heavy (non-hydrogen) atoms. The Hall–Kier alpha value is -3.88. The zero-order valence-electron chi connectivity index (χ0n) is 19.6. The van der Waals surface area contributed by atoms with Crippen molar-refractivity contribution in [1.29, 1.82) is 0 Å². The summed E-state index contributed by atoms with van der Waals surface area (Å²) in [6.07, 6.45) is 0. The highest BCUT2D eigenvalue weighted by Crippen LogP contribution is 2.50. The molecule has 1 aliphatic rings. The maximum absolute atomic E-state index is 3.75. The predicted octanol–water partition coefficient (Wildman–Crippen LogP) is 9.66. The minimum absolute atomic E-state index is 0.0144. The number of hydrogen-bond donors (Lipinski definition) is 1. The number of nitrogens with one attached hydrogen (secondary N) is 1. The topological polar surface area (TPSA) is 15.8 Å². The van der Waals surface area contributed by atoms with Gasteiger partial charge in [0.05, 0.1) is 0 Å². The number of rotatable bonds is 1. The van der Waals surface area contributed by atoms with E-state index in [4.69, 9.17) is 0 Å². The first-order valence-electron chi connectivity index (χ1n) is 12.2. The van der Waals surface area contributed by atoms with Gasteiger partial charge in [0.1, 0.15) is 0 Å². The lowest BCUT2D eigenvalue weighted by Gasteiger charge is -2.21. The maximum atomic E-state index is 3.75. The van der Waals surface area contributed by atoms with Crippen LogP contribution in [-0.4, -0.2) is 4.98 Å². The summed E-state index contributed by atoms with van der Waals surface area (Å²) in [7, 11) is 0. The molecule has 0 radical (unpaired) electrons. The molecule has 1 nitrogen and oxygen atoms in total. The fourth-order valence-corrected chi connectivity index (χ4v) is 7.48. The second kappa shape index (κ2) is 6.62. The van der Waals surface area contributed by atoms with E-state index in [1.54, 1.807) is 0 Å². The summed E-state index contributed by atoms with van der Waals surface area (Å²) >= 11 is 1.89. The second-order valence-corrected chi connectivity index (χ2v) is 11.3. The molecule has 8 rings (SSSR count). The van der Waals surface area contributed by atoms with E-state index in [-0.39, 0.29) is 5.41 Å². The average molecular weight is 466 g/mol.